The van der Waals surface area contributed by atoms with Gasteiger partial charge in [-0.3, -0.25) is 0 Å². The normalized spacial score (nSPS) is 25.2. The molecule has 5 atom stereocenters. The first kappa shape index (κ1) is 40.8. The lowest BCUT2D eigenvalue weighted by Crippen LogP contribution is -2.46. The average Bonchev–Trinajstić information content (AvgIpc) is 4.24. The second-order valence-electron chi connectivity index (χ2n) is 18.7. The fraction of sp³-hybridized carbons (Fsp3) is 0.510. The van der Waals surface area contributed by atoms with Crippen LogP contribution in [0.5, 0.6) is 11.5 Å². The predicted molar refractivity (Wildman–Crippen MR) is 241 cm³/mol. The molecular formula is C49H56N8O4S. The lowest BCUT2D eigenvalue weighted by atomic mass is 9.79. The summed E-state index contributed by atoms with van der Waals surface area (Å²) >= 11 is 0. The zero-order valence-electron chi connectivity index (χ0n) is 35.3. The largest absolute Gasteiger partial charge is 0.507 e. The smallest absolute Gasteiger partial charge is 0.217 e. The van der Waals surface area contributed by atoms with Crippen molar-refractivity contribution in [3.8, 4) is 58.7 Å². The van der Waals surface area contributed by atoms with E-state index in [4.69, 9.17) is 33.2 Å². The summed E-state index contributed by atoms with van der Waals surface area (Å²) in [6.07, 6.45) is 24.6. The first-order valence-corrected chi connectivity index (χ1v) is 24.3. The number of phenols is 2. The highest BCUT2D eigenvalue weighted by Crippen LogP contribution is 2.51. The van der Waals surface area contributed by atoms with Crippen molar-refractivity contribution in [2.75, 3.05) is 43.4 Å². The van der Waals surface area contributed by atoms with E-state index in [1.165, 1.54) is 17.5 Å². The highest BCUT2D eigenvalue weighted by molar-refractivity contribution is 7.90. The highest BCUT2D eigenvalue weighted by Gasteiger charge is 2.46. The van der Waals surface area contributed by atoms with Gasteiger partial charge < -0.3 is 25.7 Å². The second-order valence-corrected chi connectivity index (χ2v) is 20.9. The number of terminal acetylenes is 2. The zero-order chi connectivity index (χ0) is 42.5. The minimum absolute atomic E-state index is 0.0472. The number of rotatable bonds is 11. The van der Waals surface area contributed by atoms with E-state index in [2.05, 4.69) is 27.4 Å². The van der Waals surface area contributed by atoms with Crippen molar-refractivity contribution in [3.05, 3.63) is 69.8 Å². The van der Waals surface area contributed by atoms with Gasteiger partial charge in [-0.05, 0) is 162 Å². The van der Waals surface area contributed by atoms with Crippen molar-refractivity contribution in [1.82, 2.24) is 29.6 Å². The predicted octanol–water partition coefficient (Wildman–Crippen LogP) is 6.54. The van der Waals surface area contributed by atoms with Gasteiger partial charge in [-0.2, -0.15) is 4.31 Å². The van der Waals surface area contributed by atoms with Gasteiger partial charge in [0.25, 0.3) is 0 Å². The van der Waals surface area contributed by atoms with Crippen molar-refractivity contribution in [3.63, 3.8) is 0 Å². The van der Waals surface area contributed by atoms with Crippen LogP contribution in [0.2, 0.25) is 0 Å². The van der Waals surface area contributed by atoms with Crippen molar-refractivity contribution in [1.29, 1.82) is 0 Å². The third-order valence-corrected chi connectivity index (χ3v) is 16.9. The Hall–Kier alpha value is -5.21. The topological polar surface area (TPSA) is 157 Å². The minimum atomic E-state index is -3.26. The molecule has 13 heteroatoms. The molecule has 6 aliphatic rings. The van der Waals surface area contributed by atoms with Crippen LogP contribution < -0.4 is 10.6 Å². The lowest BCUT2D eigenvalue weighted by molar-refractivity contribution is 0.200. The molecule has 0 radical (unpaired) electrons. The number of nitrogens with zero attached hydrogens (tertiary/aromatic N) is 6. The van der Waals surface area contributed by atoms with Gasteiger partial charge in [0.05, 0.1) is 5.25 Å². The summed E-state index contributed by atoms with van der Waals surface area (Å²) in [5, 5.41) is 48.1. The fourth-order valence-electron chi connectivity index (χ4n) is 11.0. The molecule has 4 fully saturated rings. The van der Waals surface area contributed by atoms with Crippen LogP contribution in [0.15, 0.2) is 36.4 Å². The maximum absolute atomic E-state index is 13.2. The van der Waals surface area contributed by atoms with E-state index < -0.39 is 10.0 Å². The molecule has 4 heterocycles. The van der Waals surface area contributed by atoms with Gasteiger partial charge in [-0.1, -0.05) is 11.8 Å². The van der Waals surface area contributed by atoms with E-state index in [1.54, 1.807) is 16.4 Å². The van der Waals surface area contributed by atoms with Crippen molar-refractivity contribution in [2.24, 2.45) is 17.8 Å². The Kier molecular flexibility index (Phi) is 11.1. The van der Waals surface area contributed by atoms with Crippen LogP contribution in [0.4, 0.5) is 11.6 Å². The van der Waals surface area contributed by atoms with Gasteiger partial charge in [0.1, 0.15) is 22.9 Å². The molecule has 0 amide bonds. The molecule has 322 valence electrons. The molecule has 2 aliphatic heterocycles. The third kappa shape index (κ3) is 8.11. The van der Waals surface area contributed by atoms with Crippen molar-refractivity contribution < 1.29 is 18.6 Å². The lowest BCUT2D eigenvalue weighted by Gasteiger charge is -2.35. The number of likely N-dealkylation sites (tertiary alicyclic amines) is 1. The maximum Gasteiger partial charge on any atom is 0.217 e. The third-order valence-electron chi connectivity index (χ3n) is 14.5. The van der Waals surface area contributed by atoms with Crippen molar-refractivity contribution >= 4 is 21.7 Å². The number of phenolic OH excluding ortho intramolecular Hbond substituents is 2. The van der Waals surface area contributed by atoms with Crippen LogP contribution in [0.3, 0.4) is 0 Å². The summed E-state index contributed by atoms with van der Waals surface area (Å²) < 4.78 is 28.1. The minimum Gasteiger partial charge on any atom is -0.507 e. The van der Waals surface area contributed by atoms with Gasteiger partial charge in [0.2, 0.25) is 10.0 Å². The van der Waals surface area contributed by atoms with E-state index in [0.717, 1.165) is 132 Å². The van der Waals surface area contributed by atoms with Crippen LogP contribution in [-0.2, 0) is 35.7 Å². The summed E-state index contributed by atoms with van der Waals surface area (Å²) in [6.45, 7) is 4.15. The summed E-state index contributed by atoms with van der Waals surface area (Å²) in [5.74, 6) is 8.83. The molecule has 4 aliphatic carbocycles. The number of piperidine rings is 2. The van der Waals surface area contributed by atoms with E-state index >= 15 is 0 Å². The number of hydrogen-bond donors (Lipinski definition) is 4. The molecular weight excluding hydrogens is 797 g/mol. The molecule has 2 saturated heterocycles. The monoisotopic (exact) mass is 852 g/mol. The number of sulfonamides is 1. The standard InChI is InChI=1S/C49H56N8O4S/c1-3-30-13-18-40(44(58)23-30)46-37-11-5-6-12-39(37)48(54-52-46)50-34-9-7-21-56(28-34)27-33-26-42(33)32-15-20-38-43(25-32)49(55-53-47(38)41-19-14-31(4-2)24-45(41)59)51-35-10-8-22-57(29-35)62(60,61)36-16-17-36/h1-2,13-14,18-19,23-24,32-36,42,58-59H,5-12,15-17,20-22,25-29H2,(H,50,54)(H,51,55)/t32?,33?,34-,35-,42?/m1/s1. The van der Waals surface area contributed by atoms with Crippen LogP contribution in [-0.4, -0.2) is 98.3 Å². The first-order chi connectivity index (χ1) is 30.2. The van der Waals surface area contributed by atoms with Crippen LogP contribution in [0.1, 0.15) is 97.6 Å². The van der Waals surface area contributed by atoms with Gasteiger partial charge in [0.15, 0.2) is 11.6 Å². The van der Waals surface area contributed by atoms with Gasteiger partial charge in [0, 0.05) is 71.6 Å². The molecule has 4 N–H and O–H groups in total. The molecule has 2 aromatic carbocycles. The number of aromatic hydroxyl groups is 2. The highest BCUT2D eigenvalue weighted by atomic mass is 32.2. The molecule has 2 saturated carbocycles. The molecule has 2 aromatic heterocycles. The fourth-order valence-corrected chi connectivity index (χ4v) is 12.9. The second kappa shape index (κ2) is 16.8. The number of benzene rings is 2. The Labute approximate surface area is 365 Å². The molecule has 0 bridgehead atoms. The van der Waals surface area contributed by atoms with E-state index in [0.29, 0.717) is 58.8 Å². The van der Waals surface area contributed by atoms with E-state index in [-0.39, 0.29) is 28.8 Å². The SMILES string of the molecule is C#Cc1ccc(-c2nnc(N[C@@H]3CCCN(CC4CC4C4CCc5c(-c6ccc(C#C)cc6O)nnc(N[C@@H]6CCCN(S(=O)(=O)C7CC7)C6)c5C4)C3)c3c2CCCC3)c(O)c1. The van der Waals surface area contributed by atoms with E-state index in [1.807, 2.05) is 24.3 Å². The molecule has 4 aromatic rings. The summed E-state index contributed by atoms with van der Waals surface area (Å²) in [5.41, 5.74) is 8.67. The molecule has 0 spiro atoms. The average molecular weight is 853 g/mol. The molecule has 12 nitrogen and oxygen atoms in total. The molecule has 3 unspecified atom stereocenters. The number of nitrogens with one attached hydrogen (secondary N) is 2. The number of fused-ring (bicyclic) bond motifs is 2. The Balaban J connectivity index is 0.828. The summed E-state index contributed by atoms with van der Waals surface area (Å²) in [7, 11) is -3.26. The Bertz CT molecular complexity index is 2580. The van der Waals surface area contributed by atoms with Crippen LogP contribution >= 0.6 is 0 Å². The van der Waals surface area contributed by atoms with Crippen molar-refractivity contribution in [2.45, 2.75) is 107 Å². The van der Waals surface area contributed by atoms with Crippen LogP contribution in [0, 0.1) is 42.4 Å². The Morgan fingerprint density at radius 1 is 0.694 bits per heavy atom. The quantitative estimate of drug-likeness (QED) is 0.122. The Morgan fingerprint density at radius 3 is 1.92 bits per heavy atom. The zero-order valence-corrected chi connectivity index (χ0v) is 36.1. The Morgan fingerprint density at radius 2 is 1.29 bits per heavy atom. The number of anilines is 2. The van der Waals surface area contributed by atoms with Crippen LogP contribution in [0.25, 0.3) is 22.5 Å². The van der Waals surface area contributed by atoms with E-state index in [9.17, 15) is 18.6 Å². The summed E-state index contributed by atoms with van der Waals surface area (Å²) in [6, 6.07) is 10.8. The number of aromatic nitrogens is 4. The molecule has 10 rings (SSSR count). The van der Waals surface area contributed by atoms with Gasteiger partial charge >= 0.3 is 0 Å². The molecule has 62 heavy (non-hydrogen) atoms. The number of hydrogen-bond acceptors (Lipinski definition) is 11. The first-order valence-electron chi connectivity index (χ1n) is 22.8. The van der Waals surface area contributed by atoms with Gasteiger partial charge in [-0.25, -0.2) is 8.42 Å². The maximum atomic E-state index is 13.2. The van der Waals surface area contributed by atoms with Gasteiger partial charge in [-0.15, -0.1) is 33.2 Å². The summed E-state index contributed by atoms with van der Waals surface area (Å²) in [4.78, 5) is 2.64.